The standard InChI is InChI=1S/C18H24N4O5/c1-12-8-15(18(25)20-19)17(27-22-7-3-5-14(22)11-24)9-16(12)26-21-6-2-4-13(21)10-23/h8-11,13-14H,2-7,19H2,1H3,(H,20,25)/t13-,14-/m0/s1. The van der Waals surface area contributed by atoms with Crippen LogP contribution in [0.4, 0.5) is 0 Å². The number of hydrazine groups is 1. The molecule has 146 valence electrons. The molecule has 2 fully saturated rings. The molecule has 2 aliphatic heterocycles. The summed E-state index contributed by atoms with van der Waals surface area (Å²) < 4.78 is 0. The SMILES string of the molecule is Cc1cc(C(=O)NN)c(ON2CCC[C@H]2C=O)cc1ON1CCC[C@H]1C=O. The lowest BCUT2D eigenvalue weighted by atomic mass is 10.1. The summed E-state index contributed by atoms with van der Waals surface area (Å²) in [6.45, 7) is 3.02. The highest BCUT2D eigenvalue weighted by atomic mass is 16.7. The predicted molar refractivity (Wildman–Crippen MR) is 95.7 cm³/mol. The van der Waals surface area contributed by atoms with Crippen LogP contribution in [0.15, 0.2) is 12.1 Å². The van der Waals surface area contributed by atoms with Gasteiger partial charge in [-0.3, -0.25) is 10.2 Å². The average molecular weight is 376 g/mol. The van der Waals surface area contributed by atoms with Gasteiger partial charge in [-0.05, 0) is 44.2 Å². The topological polar surface area (TPSA) is 114 Å². The number of nitrogens with one attached hydrogen (secondary N) is 1. The lowest BCUT2D eigenvalue weighted by Gasteiger charge is -2.25. The molecular formula is C18H24N4O5. The molecule has 2 aliphatic rings. The minimum absolute atomic E-state index is 0.243. The molecule has 9 nitrogen and oxygen atoms in total. The second-order valence-electron chi connectivity index (χ2n) is 6.74. The van der Waals surface area contributed by atoms with Gasteiger partial charge >= 0.3 is 0 Å². The van der Waals surface area contributed by atoms with E-state index >= 15 is 0 Å². The lowest BCUT2D eigenvalue weighted by Crippen LogP contribution is -2.36. The predicted octanol–water partition coefficient (Wildman–Crippen LogP) is 0.513. The van der Waals surface area contributed by atoms with Gasteiger partial charge in [0.15, 0.2) is 11.5 Å². The monoisotopic (exact) mass is 376 g/mol. The second-order valence-corrected chi connectivity index (χ2v) is 6.74. The number of benzene rings is 1. The Balaban J connectivity index is 1.89. The van der Waals surface area contributed by atoms with Crippen molar-refractivity contribution in [1.29, 1.82) is 0 Å². The van der Waals surface area contributed by atoms with E-state index in [0.29, 0.717) is 30.8 Å². The van der Waals surface area contributed by atoms with E-state index in [4.69, 9.17) is 15.5 Å². The van der Waals surface area contributed by atoms with Crippen molar-refractivity contribution in [3.05, 3.63) is 23.3 Å². The molecule has 1 aromatic rings. The van der Waals surface area contributed by atoms with Crippen molar-refractivity contribution in [3.63, 3.8) is 0 Å². The zero-order chi connectivity index (χ0) is 19.4. The van der Waals surface area contributed by atoms with Gasteiger partial charge in [-0.15, -0.1) is 10.1 Å². The van der Waals surface area contributed by atoms with Gasteiger partial charge in [0.1, 0.15) is 24.7 Å². The minimum Gasteiger partial charge on any atom is -0.405 e. The van der Waals surface area contributed by atoms with Gasteiger partial charge in [-0.1, -0.05) is 0 Å². The van der Waals surface area contributed by atoms with Gasteiger partial charge in [0.2, 0.25) is 0 Å². The number of amides is 1. The van der Waals surface area contributed by atoms with E-state index in [1.807, 2.05) is 0 Å². The van der Waals surface area contributed by atoms with Crippen molar-refractivity contribution in [2.24, 2.45) is 5.84 Å². The van der Waals surface area contributed by atoms with Gasteiger partial charge in [0.25, 0.3) is 5.91 Å². The molecule has 1 amide bonds. The molecule has 3 N–H and O–H groups in total. The molecule has 1 aromatic carbocycles. The van der Waals surface area contributed by atoms with Crippen molar-refractivity contribution < 1.29 is 24.1 Å². The third-order valence-electron chi connectivity index (χ3n) is 4.89. The van der Waals surface area contributed by atoms with Crippen LogP contribution in [0.2, 0.25) is 0 Å². The van der Waals surface area contributed by atoms with Crippen LogP contribution in [-0.2, 0) is 9.59 Å². The number of nitrogens with two attached hydrogens (primary N) is 1. The Morgan fingerprint density at radius 2 is 1.63 bits per heavy atom. The van der Waals surface area contributed by atoms with Crippen LogP contribution >= 0.6 is 0 Å². The van der Waals surface area contributed by atoms with Crippen molar-refractivity contribution in [1.82, 2.24) is 15.6 Å². The van der Waals surface area contributed by atoms with Gasteiger partial charge < -0.3 is 19.3 Å². The number of hydrogen-bond acceptors (Lipinski definition) is 8. The molecule has 2 saturated heterocycles. The van der Waals surface area contributed by atoms with Gasteiger partial charge in [-0.2, -0.15) is 0 Å². The normalized spacial score (nSPS) is 23.2. The third kappa shape index (κ3) is 4.10. The number of hydroxylamine groups is 4. The molecule has 9 heteroatoms. The molecule has 0 aliphatic carbocycles. The molecule has 0 aromatic heterocycles. The second kappa shape index (κ2) is 8.47. The highest BCUT2D eigenvalue weighted by molar-refractivity contribution is 5.97. The molecule has 3 rings (SSSR count). The maximum absolute atomic E-state index is 12.2. The van der Waals surface area contributed by atoms with E-state index in [-0.39, 0.29) is 23.4 Å². The molecule has 0 radical (unpaired) electrons. The smallest absolute Gasteiger partial charge is 0.269 e. The van der Waals surface area contributed by atoms with Crippen LogP contribution < -0.4 is 20.9 Å². The first-order valence-electron chi connectivity index (χ1n) is 9.02. The zero-order valence-electron chi connectivity index (χ0n) is 15.2. The fourth-order valence-electron chi connectivity index (χ4n) is 3.38. The first kappa shape index (κ1) is 19.3. The number of rotatable bonds is 7. The Morgan fingerprint density at radius 3 is 2.15 bits per heavy atom. The van der Waals surface area contributed by atoms with Crippen molar-refractivity contribution in [3.8, 4) is 11.5 Å². The van der Waals surface area contributed by atoms with Crippen LogP contribution in [0, 0.1) is 6.92 Å². The summed E-state index contributed by atoms with van der Waals surface area (Å²) in [6, 6.07) is 2.56. The van der Waals surface area contributed by atoms with Gasteiger partial charge in [0, 0.05) is 19.2 Å². The molecule has 2 atom stereocenters. The Labute approximate surface area is 157 Å². The van der Waals surface area contributed by atoms with E-state index in [0.717, 1.165) is 31.8 Å². The lowest BCUT2D eigenvalue weighted by molar-refractivity contribution is -0.124. The highest BCUT2D eigenvalue weighted by Gasteiger charge is 2.30. The number of carbonyl (C=O) groups excluding carboxylic acids is 3. The molecular weight excluding hydrogens is 352 g/mol. The maximum atomic E-state index is 12.2. The molecule has 27 heavy (non-hydrogen) atoms. The Hall–Kier alpha value is -2.49. The summed E-state index contributed by atoms with van der Waals surface area (Å²) in [6.07, 6.45) is 4.84. The Bertz CT molecular complexity index is 726. The number of hydrogen-bond donors (Lipinski definition) is 2. The van der Waals surface area contributed by atoms with Gasteiger partial charge in [-0.25, -0.2) is 5.84 Å². The first-order chi connectivity index (χ1) is 13.1. The average Bonchev–Trinajstić information content (AvgIpc) is 3.32. The fourth-order valence-corrected chi connectivity index (χ4v) is 3.38. The number of carbonyl (C=O) groups is 3. The largest absolute Gasteiger partial charge is 0.405 e. The van der Waals surface area contributed by atoms with Gasteiger partial charge in [0.05, 0.1) is 5.56 Å². The van der Waals surface area contributed by atoms with Crippen LogP contribution in [0.1, 0.15) is 41.6 Å². The molecule has 0 bridgehead atoms. The van der Waals surface area contributed by atoms with E-state index in [1.165, 1.54) is 0 Å². The summed E-state index contributed by atoms with van der Waals surface area (Å²) in [4.78, 5) is 46.3. The third-order valence-corrected chi connectivity index (χ3v) is 4.89. The molecule has 0 saturated carbocycles. The van der Waals surface area contributed by atoms with E-state index < -0.39 is 5.91 Å². The van der Waals surface area contributed by atoms with E-state index in [2.05, 4.69) is 5.43 Å². The number of nitrogens with zero attached hydrogens (tertiary/aromatic N) is 2. The first-order valence-corrected chi connectivity index (χ1v) is 9.02. The molecule has 0 spiro atoms. The van der Waals surface area contributed by atoms with E-state index in [1.54, 1.807) is 29.2 Å². The summed E-state index contributed by atoms with van der Waals surface area (Å²) in [5.74, 6) is 5.51. The van der Waals surface area contributed by atoms with Crippen LogP contribution in [0.5, 0.6) is 11.5 Å². The Morgan fingerprint density at radius 1 is 1.07 bits per heavy atom. The summed E-state index contributed by atoms with van der Waals surface area (Å²) >= 11 is 0. The maximum Gasteiger partial charge on any atom is 0.269 e. The van der Waals surface area contributed by atoms with Crippen molar-refractivity contribution >= 4 is 18.5 Å². The summed E-state index contributed by atoms with van der Waals surface area (Å²) in [7, 11) is 0. The Kier molecular flexibility index (Phi) is 6.04. The van der Waals surface area contributed by atoms with Crippen LogP contribution in [-0.4, -0.2) is 53.8 Å². The summed E-state index contributed by atoms with van der Waals surface area (Å²) in [5, 5.41) is 3.19. The summed E-state index contributed by atoms with van der Waals surface area (Å²) in [5.41, 5.74) is 3.05. The van der Waals surface area contributed by atoms with Crippen molar-refractivity contribution in [2.45, 2.75) is 44.7 Å². The van der Waals surface area contributed by atoms with Crippen LogP contribution in [0.25, 0.3) is 0 Å². The number of nitrogen functional groups attached to an aromatic ring is 1. The molecule has 0 unspecified atom stereocenters. The van der Waals surface area contributed by atoms with Crippen LogP contribution in [0.3, 0.4) is 0 Å². The number of aldehydes is 2. The fraction of sp³-hybridized carbons (Fsp3) is 0.500. The highest BCUT2D eigenvalue weighted by Crippen LogP contribution is 2.32. The van der Waals surface area contributed by atoms with Crippen molar-refractivity contribution in [2.75, 3.05) is 13.1 Å². The van der Waals surface area contributed by atoms with E-state index in [9.17, 15) is 14.4 Å². The quantitative estimate of drug-likeness (QED) is 0.306. The minimum atomic E-state index is -0.506. The molecule has 2 heterocycles. The zero-order valence-corrected chi connectivity index (χ0v) is 15.2. The number of aryl methyl sites for hydroxylation is 1.